The third-order valence-electron chi connectivity index (χ3n) is 3.45. The molecule has 0 saturated heterocycles. The van der Waals surface area contributed by atoms with Crippen molar-refractivity contribution in [3.8, 4) is 0 Å². The van der Waals surface area contributed by atoms with Gasteiger partial charge in [0.2, 0.25) is 0 Å². The average molecular weight is 295 g/mol. The van der Waals surface area contributed by atoms with Gasteiger partial charge in [-0.2, -0.15) is 0 Å². The lowest BCUT2D eigenvalue weighted by atomic mass is 10.0. The first kappa shape index (κ1) is 14.0. The van der Waals surface area contributed by atoms with Crippen LogP contribution in [0, 0.1) is 0 Å². The molecule has 0 spiro atoms. The van der Waals surface area contributed by atoms with E-state index in [0.717, 1.165) is 0 Å². The van der Waals surface area contributed by atoms with E-state index in [2.05, 4.69) is 5.32 Å². The summed E-state index contributed by atoms with van der Waals surface area (Å²) in [4.78, 5) is 35.0. The first-order valence-corrected chi connectivity index (χ1v) is 6.86. The van der Waals surface area contributed by atoms with E-state index in [-0.39, 0.29) is 6.61 Å². The normalized spacial score (nSPS) is 12.7. The molecule has 0 saturated carbocycles. The van der Waals surface area contributed by atoms with E-state index in [0.29, 0.717) is 28.8 Å². The Labute approximate surface area is 126 Å². The Kier molecular flexibility index (Phi) is 3.70. The molecule has 1 N–H and O–H groups in total. The highest BCUT2D eigenvalue weighted by Gasteiger charge is 2.30. The maximum atomic E-state index is 11.8. The molecule has 110 valence electrons. The summed E-state index contributed by atoms with van der Waals surface area (Å²) >= 11 is 0. The van der Waals surface area contributed by atoms with Gasteiger partial charge in [-0.3, -0.25) is 9.59 Å². The zero-order valence-corrected chi connectivity index (χ0v) is 11.7. The van der Waals surface area contributed by atoms with Gasteiger partial charge in [0.25, 0.3) is 11.7 Å². The monoisotopic (exact) mass is 295 g/mol. The summed E-state index contributed by atoms with van der Waals surface area (Å²) in [6.07, 6.45) is 0.377. The Balaban J connectivity index is 1.66. The molecule has 0 bridgehead atoms. The highest BCUT2D eigenvalue weighted by Crippen LogP contribution is 2.26. The van der Waals surface area contributed by atoms with E-state index in [1.807, 2.05) is 6.07 Å². The molecule has 0 unspecified atom stereocenters. The van der Waals surface area contributed by atoms with E-state index >= 15 is 0 Å². The first-order valence-electron chi connectivity index (χ1n) is 6.86. The van der Waals surface area contributed by atoms with Crippen LogP contribution < -0.4 is 5.32 Å². The minimum absolute atomic E-state index is 0.144. The largest absolute Gasteiger partial charge is 0.462 e. The molecule has 2 aromatic rings. The Morgan fingerprint density at radius 2 is 1.77 bits per heavy atom. The number of amides is 1. The topological polar surface area (TPSA) is 72.5 Å². The SMILES string of the molecule is O=C1Nc2cccc(CCOC(=O)c3ccccc3)c2C1=O. The molecular weight excluding hydrogens is 282 g/mol. The fraction of sp³-hybridized carbons (Fsp3) is 0.118. The van der Waals surface area contributed by atoms with Gasteiger partial charge in [0, 0.05) is 6.42 Å². The van der Waals surface area contributed by atoms with Crippen LogP contribution in [0.5, 0.6) is 0 Å². The van der Waals surface area contributed by atoms with Gasteiger partial charge in [-0.25, -0.2) is 4.79 Å². The Morgan fingerprint density at radius 3 is 2.55 bits per heavy atom. The van der Waals surface area contributed by atoms with Crippen molar-refractivity contribution in [2.45, 2.75) is 6.42 Å². The number of rotatable bonds is 4. The van der Waals surface area contributed by atoms with E-state index < -0.39 is 17.7 Å². The number of benzene rings is 2. The maximum absolute atomic E-state index is 11.8. The maximum Gasteiger partial charge on any atom is 0.338 e. The molecule has 5 nitrogen and oxygen atoms in total. The zero-order valence-electron chi connectivity index (χ0n) is 11.7. The highest BCUT2D eigenvalue weighted by molar-refractivity contribution is 6.52. The van der Waals surface area contributed by atoms with Gasteiger partial charge >= 0.3 is 5.97 Å². The van der Waals surface area contributed by atoms with E-state index in [9.17, 15) is 14.4 Å². The van der Waals surface area contributed by atoms with Crippen LogP contribution in [-0.4, -0.2) is 24.3 Å². The predicted octanol–water partition coefficient (Wildman–Crippen LogP) is 2.22. The molecule has 0 aliphatic carbocycles. The minimum atomic E-state index is -0.622. The fourth-order valence-electron chi connectivity index (χ4n) is 2.38. The van der Waals surface area contributed by atoms with Crippen molar-refractivity contribution in [2.24, 2.45) is 0 Å². The standard InChI is InChI=1S/C17H13NO4/c19-15-14-11(7-4-8-13(14)18-16(15)20)9-10-22-17(21)12-5-2-1-3-6-12/h1-8H,9-10H2,(H,18,19,20). The number of ketones is 1. The predicted molar refractivity (Wildman–Crippen MR) is 79.8 cm³/mol. The van der Waals surface area contributed by atoms with Crippen LogP contribution in [0.4, 0.5) is 5.69 Å². The summed E-state index contributed by atoms with van der Waals surface area (Å²) in [5.74, 6) is -1.57. The van der Waals surface area contributed by atoms with Crippen LogP contribution in [0.15, 0.2) is 48.5 Å². The lowest BCUT2D eigenvalue weighted by Crippen LogP contribution is -2.14. The number of anilines is 1. The number of carbonyl (C=O) groups is 3. The van der Waals surface area contributed by atoms with Gasteiger partial charge in [0.15, 0.2) is 0 Å². The molecule has 1 heterocycles. The van der Waals surface area contributed by atoms with E-state index in [1.165, 1.54) is 0 Å². The summed E-state index contributed by atoms with van der Waals surface area (Å²) < 4.78 is 5.20. The molecule has 1 aliphatic rings. The molecule has 0 fully saturated rings. The van der Waals surface area contributed by atoms with Crippen molar-refractivity contribution >= 4 is 23.3 Å². The number of ether oxygens (including phenoxy) is 1. The van der Waals surface area contributed by atoms with Crippen LogP contribution in [0.1, 0.15) is 26.3 Å². The molecule has 1 amide bonds. The van der Waals surface area contributed by atoms with Gasteiger partial charge < -0.3 is 10.1 Å². The quantitative estimate of drug-likeness (QED) is 0.693. The van der Waals surface area contributed by atoms with Gasteiger partial charge in [-0.1, -0.05) is 30.3 Å². The second-order valence-electron chi connectivity index (χ2n) is 4.87. The van der Waals surface area contributed by atoms with Crippen LogP contribution >= 0.6 is 0 Å². The number of carbonyl (C=O) groups excluding carboxylic acids is 3. The molecule has 3 rings (SSSR count). The first-order chi connectivity index (χ1) is 10.7. The number of nitrogens with one attached hydrogen (secondary N) is 1. The molecule has 2 aromatic carbocycles. The van der Waals surface area contributed by atoms with Gasteiger partial charge in [0.05, 0.1) is 23.4 Å². The summed E-state index contributed by atoms with van der Waals surface area (Å²) in [6, 6.07) is 13.9. The van der Waals surface area contributed by atoms with Gasteiger partial charge in [-0.05, 0) is 23.8 Å². The molecule has 5 heteroatoms. The van der Waals surface area contributed by atoms with Gasteiger partial charge in [-0.15, -0.1) is 0 Å². The molecule has 1 aliphatic heterocycles. The smallest absolute Gasteiger partial charge is 0.338 e. The molecular formula is C17H13NO4. The van der Waals surface area contributed by atoms with E-state index in [4.69, 9.17) is 4.74 Å². The van der Waals surface area contributed by atoms with Crippen molar-refractivity contribution in [1.29, 1.82) is 0 Å². The second kappa shape index (κ2) is 5.81. The number of hydrogen-bond donors (Lipinski definition) is 1. The van der Waals surface area contributed by atoms with Crippen LogP contribution in [0.2, 0.25) is 0 Å². The molecule has 0 atom stereocenters. The molecule has 22 heavy (non-hydrogen) atoms. The average Bonchev–Trinajstić information content (AvgIpc) is 2.84. The highest BCUT2D eigenvalue weighted by atomic mass is 16.5. The lowest BCUT2D eigenvalue weighted by molar-refractivity contribution is -0.112. The van der Waals surface area contributed by atoms with Crippen molar-refractivity contribution in [3.63, 3.8) is 0 Å². The second-order valence-corrected chi connectivity index (χ2v) is 4.87. The van der Waals surface area contributed by atoms with Crippen molar-refractivity contribution < 1.29 is 19.1 Å². The van der Waals surface area contributed by atoms with Gasteiger partial charge in [0.1, 0.15) is 0 Å². The number of esters is 1. The fourth-order valence-corrected chi connectivity index (χ4v) is 2.38. The Bertz CT molecular complexity index is 753. The Morgan fingerprint density at radius 1 is 1.00 bits per heavy atom. The van der Waals surface area contributed by atoms with Crippen molar-refractivity contribution in [3.05, 3.63) is 65.2 Å². The minimum Gasteiger partial charge on any atom is -0.462 e. The number of fused-ring (bicyclic) bond motifs is 1. The van der Waals surface area contributed by atoms with Crippen molar-refractivity contribution in [2.75, 3.05) is 11.9 Å². The third-order valence-corrected chi connectivity index (χ3v) is 3.45. The Hall–Kier alpha value is -2.95. The van der Waals surface area contributed by atoms with Crippen LogP contribution in [-0.2, 0) is 16.0 Å². The van der Waals surface area contributed by atoms with Crippen LogP contribution in [0.25, 0.3) is 0 Å². The zero-order chi connectivity index (χ0) is 15.5. The summed E-state index contributed by atoms with van der Waals surface area (Å²) in [6.45, 7) is 0.144. The van der Waals surface area contributed by atoms with Crippen LogP contribution in [0.3, 0.4) is 0 Å². The molecule has 0 aromatic heterocycles. The molecule has 0 radical (unpaired) electrons. The summed E-state index contributed by atoms with van der Waals surface area (Å²) in [5.41, 5.74) is 2.07. The van der Waals surface area contributed by atoms with Crippen molar-refractivity contribution in [1.82, 2.24) is 0 Å². The lowest BCUT2D eigenvalue weighted by Gasteiger charge is -2.07. The third kappa shape index (κ3) is 2.61. The number of hydrogen-bond acceptors (Lipinski definition) is 4. The summed E-state index contributed by atoms with van der Waals surface area (Å²) in [7, 11) is 0. The summed E-state index contributed by atoms with van der Waals surface area (Å²) in [5, 5.41) is 2.52. The number of Topliss-reactive ketones (excluding diaryl/α,β-unsaturated/α-hetero) is 1. The van der Waals surface area contributed by atoms with E-state index in [1.54, 1.807) is 42.5 Å².